The van der Waals surface area contributed by atoms with Crippen molar-refractivity contribution in [2.24, 2.45) is 0 Å². The number of carbonyl (C=O) groups excluding carboxylic acids is 1. The van der Waals surface area contributed by atoms with Gasteiger partial charge >= 0.3 is 0 Å². The Morgan fingerprint density at radius 1 is 1.17 bits per heavy atom. The number of nitriles is 1. The number of fused-ring (bicyclic) bond motifs is 1. The van der Waals surface area contributed by atoms with Crippen molar-refractivity contribution in [1.29, 1.82) is 5.26 Å². The second-order valence-corrected chi connectivity index (χ2v) is 5.01. The van der Waals surface area contributed by atoms with Crippen LogP contribution in [0.15, 0.2) is 60.3 Å². The van der Waals surface area contributed by atoms with E-state index in [0.717, 1.165) is 5.52 Å². The number of benzene rings is 2. The maximum Gasteiger partial charge on any atom is 0.203 e. The van der Waals surface area contributed by atoms with Gasteiger partial charge in [-0.25, -0.2) is 4.98 Å². The number of aromatic nitrogens is 2. The summed E-state index contributed by atoms with van der Waals surface area (Å²) in [7, 11) is 1.52. The molecule has 116 valence electrons. The Bertz CT molecular complexity index is 987. The summed E-state index contributed by atoms with van der Waals surface area (Å²) in [6.45, 7) is 0. The predicted molar refractivity (Wildman–Crippen MR) is 90.5 cm³/mol. The highest BCUT2D eigenvalue weighted by Gasteiger charge is 2.13. The van der Waals surface area contributed by atoms with Crippen molar-refractivity contribution in [3.8, 4) is 11.8 Å². The van der Waals surface area contributed by atoms with Crippen molar-refractivity contribution >= 4 is 22.9 Å². The molecule has 0 spiro atoms. The van der Waals surface area contributed by atoms with Crippen LogP contribution in [-0.2, 0) is 0 Å². The first-order valence-corrected chi connectivity index (χ1v) is 7.23. The zero-order valence-electron chi connectivity index (χ0n) is 12.9. The van der Waals surface area contributed by atoms with Crippen LogP contribution in [0.3, 0.4) is 0 Å². The average Bonchev–Trinajstić information content (AvgIpc) is 2.65. The third kappa shape index (κ3) is 3.13. The van der Waals surface area contributed by atoms with E-state index in [1.165, 1.54) is 13.2 Å². The van der Waals surface area contributed by atoms with Gasteiger partial charge in [0.2, 0.25) is 5.78 Å². The van der Waals surface area contributed by atoms with Gasteiger partial charge in [-0.05, 0) is 30.3 Å². The number of hydrogen-bond donors (Lipinski definition) is 0. The average molecular weight is 315 g/mol. The molecule has 0 fully saturated rings. The number of nitrogens with zero attached hydrogens (tertiary/aromatic N) is 3. The minimum Gasteiger partial charge on any atom is -0.497 e. The zero-order valence-corrected chi connectivity index (χ0v) is 12.9. The summed E-state index contributed by atoms with van der Waals surface area (Å²) < 4.78 is 5.11. The van der Waals surface area contributed by atoms with E-state index in [1.807, 2.05) is 30.3 Å². The molecule has 0 atom stereocenters. The topological polar surface area (TPSA) is 75.9 Å². The summed E-state index contributed by atoms with van der Waals surface area (Å²) in [6, 6.07) is 16.0. The molecule has 0 saturated carbocycles. The number of carbonyl (C=O) groups is 1. The molecule has 1 aromatic heterocycles. The smallest absolute Gasteiger partial charge is 0.203 e. The monoisotopic (exact) mass is 315 g/mol. The third-order valence-corrected chi connectivity index (χ3v) is 3.46. The molecule has 0 aliphatic heterocycles. The Balaban J connectivity index is 1.98. The number of allylic oxidation sites excluding steroid dienone is 1. The number of para-hydroxylation sites is 2. The number of ether oxygens (including phenoxy) is 1. The Morgan fingerprint density at radius 2 is 1.96 bits per heavy atom. The fourth-order valence-electron chi connectivity index (χ4n) is 2.26. The van der Waals surface area contributed by atoms with Gasteiger partial charge in [-0.15, -0.1) is 0 Å². The normalized spacial score (nSPS) is 11.1. The molecule has 0 radical (unpaired) electrons. The molecule has 3 aromatic rings. The number of methoxy groups -OCH3 is 1. The molecule has 0 aliphatic rings. The first-order valence-electron chi connectivity index (χ1n) is 7.23. The molecule has 24 heavy (non-hydrogen) atoms. The fraction of sp³-hybridized carbons (Fsp3) is 0.0526. The molecule has 5 heteroatoms. The van der Waals surface area contributed by atoms with Crippen LogP contribution in [0.25, 0.3) is 17.1 Å². The first kappa shape index (κ1) is 15.4. The Morgan fingerprint density at radius 3 is 2.71 bits per heavy atom. The Kier molecular flexibility index (Phi) is 4.30. The number of hydrogen-bond acceptors (Lipinski definition) is 5. The van der Waals surface area contributed by atoms with Gasteiger partial charge in [-0.1, -0.05) is 24.3 Å². The van der Waals surface area contributed by atoms with Gasteiger partial charge in [0.25, 0.3) is 0 Å². The molecule has 0 unspecified atom stereocenters. The standard InChI is InChI=1S/C19H13N3O2/c1-24-16-6-4-5-13(10-16)19(23)14(11-20)9-15-12-21-17-7-2-3-8-18(17)22-15/h2-10,12H,1H3/b14-9+. The van der Waals surface area contributed by atoms with E-state index in [-0.39, 0.29) is 11.4 Å². The largest absolute Gasteiger partial charge is 0.497 e. The SMILES string of the molecule is COc1cccc(C(=O)/C(C#N)=C/c2cnc3ccccc3n2)c1. The molecule has 3 rings (SSSR count). The van der Waals surface area contributed by atoms with Gasteiger partial charge in [0, 0.05) is 5.56 Å². The van der Waals surface area contributed by atoms with Crippen molar-refractivity contribution in [3.63, 3.8) is 0 Å². The Labute approximate surface area is 138 Å². The van der Waals surface area contributed by atoms with Crippen LogP contribution in [0.2, 0.25) is 0 Å². The molecule has 0 amide bonds. The van der Waals surface area contributed by atoms with E-state index in [1.54, 1.807) is 30.5 Å². The summed E-state index contributed by atoms with van der Waals surface area (Å²) >= 11 is 0. The lowest BCUT2D eigenvalue weighted by Gasteiger charge is -2.03. The van der Waals surface area contributed by atoms with Crippen molar-refractivity contribution in [3.05, 3.63) is 71.6 Å². The highest BCUT2D eigenvalue weighted by atomic mass is 16.5. The van der Waals surface area contributed by atoms with Gasteiger partial charge in [0.1, 0.15) is 17.4 Å². The quantitative estimate of drug-likeness (QED) is 0.419. The van der Waals surface area contributed by atoms with E-state index in [4.69, 9.17) is 4.74 Å². The lowest BCUT2D eigenvalue weighted by molar-refractivity contribution is 0.103. The second-order valence-electron chi connectivity index (χ2n) is 5.01. The van der Waals surface area contributed by atoms with Crippen LogP contribution in [0, 0.1) is 11.3 Å². The van der Waals surface area contributed by atoms with Crippen LogP contribution in [0.4, 0.5) is 0 Å². The molecule has 0 N–H and O–H groups in total. The third-order valence-electron chi connectivity index (χ3n) is 3.46. The Hall–Kier alpha value is -3.52. The molecule has 5 nitrogen and oxygen atoms in total. The van der Waals surface area contributed by atoms with Crippen molar-refractivity contribution in [2.75, 3.05) is 7.11 Å². The molecule has 0 saturated heterocycles. The predicted octanol–water partition coefficient (Wildman–Crippen LogP) is 3.43. The highest BCUT2D eigenvalue weighted by molar-refractivity contribution is 6.14. The summed E-state index contributed by atoms with van der Waals surface area (Å²) in [5.41, 5.74) is 2.30. The van der Waals surface area contributed by atoms with Crippen LogP contribution in [0.5, 0.6) is 5.75 Å². The summed E-state index contributed by atoms with van der Waals surface area (Å²) in [5.74, 6) is 0.176. The van der Waals surface area contributed by atoms with Gasteiger partial charge in [0.05, 0.1) is 30.0 Å². The summed E-state index contributed by atoms with van der Waals surface area (Å²) in [5, 5.41) is 9.34. The van der Waals surface area contributed by atoms with E-state index in [2.05, 4.69) is 9.97 Å². The summed E-state index contributed by atoms with van der Waals surface area (Å²) in [6.07, 6.45) is 2.99. The molecular formula is C19H13N3O2. The molecule has 0 bridgehead atoms. The number of rotatable bonds is 4. The van der Waals surface area contributed by atoms with Crippen molar-refractivity contribution in [1.82, 2.24) is 9.97 Å². The number of ketones is 1. The number of Topliss-reactive ketones (excluding diaryl/α,β-unsaturated/α-hetero) is 1. The molecule has 2 aromatic carbocycles. The maximum atomic E-state index is 12.5. The first-order chi connectivity index (χ1) is 11.7. The lowest BCUT2D eigenvalue weighted by atomic mass is 10.0. The van der Waals surface area contributed by atoms with Crippen LogP contribution < -0.4 is 4.74 Å². The van der Waals surface area contributed by atoms with Gasteiger partial charge in [-0.2, -0.15) is 5.26 Å². The molecule has 1 heterocycles. The minimum absolute atomic E-state index is 0.00664. The van der Waals surface area contributed by atoms with E-state index < -0.39 is 0 Å². The fourth-order valence-corrected chi connectivity index (χ4v) is 2.26. The van der Waals surface area contributed by atoms with Gasteiger partial charge in [-0.3, -0.25) is 9.78 Å². The van der Waals surface area contributed by atoms with Crippen molar-refractivity contribution in [2.45, 2.75) is 0 Å². The minimum atomic E-state index is -0.383. The van der Waals surface area contributed by atoms with E-state index in [9.17, 15) is 10.1 Å². The van der Waals surface area contributed by atoms with Crippen LogP contribution in [0.1, 0.15) is 16.1 Å². The molecule has 0 aliphatic carbocycles. The summed E-state index contributed by atoms with van der Waals surface area (Å²) in [4.78, 5) is 21.2. The maximum absolute atomic E-state index is 12.5. The van der Waals surface area contributed by atoms with Gasteiger partial charge < -0.3 is 4.74 Å². The zero-order chi connectivity index (χ0) is 16.9. The van der Waals surface area contributed by atoms with Gasteiger partial charge in [0.15, 0.2) is 0 Å². The van der Waals surface area contributed by atoms with E-state index >= 15 is 0 Å². The van der Waals surface area contributed by atoms with E-state index in [0.29, 0.717) is 22.5 Å². The second kappa shape index (κ2) is 6.71. The lowest BCUT2D eigenvalue weighted by Crippen LogP contribution is -2.02. The van der Waals surface area contributed by atoms with Crippen LogP contribution in [-0.4, -0.2) is 22.9 Å². The van der Waals surface area contributed by atoms with Crippen LogP contribution >= 0.6 is 0 Å². The van der Waals surface area contributed by atoms with Crippen molar-refractivity contribution < 1.29 is 9.53 Å². The molecular weight excluding hydrogens is 302 g/mol. The highest BCUT2D eigenvalue weighted by Crippen LogP contribution is 2.17.